The lowest BCUT2D eigenvalue weighted by molar-refractivity contribution is 0.508. The van der Waals surface area contributed by atoms with E-state index in [9.17, 15) is 4.79 Å². The molecule has 0 unspecified atom stereocenters. The Labute approximate surface area is 127 Å². The number of aryl methyl sites for hydroxylation is 3. The molecule has 0 aliphatic rings. The Morgan fingerprint density at radius 1 is 1.05 bits per heavy atom. The molecule has 0 bridgehead atoms. The number of hydrogen-bond donors (Lipinski definition) is 0. The maximum absolute atomic E-state index is 12.3. The molecular weight excluding hydrogens is 280 g/mol. The summed E-state index contributed by atoms with van der Waals surface area (Å²) in [6, 6.07) is 0. The van der Waals surface area contributed by atoms with E-state index in [1.807, 2.05) is 11.6 Å². The fraction of sp³-hybridized carbons (Fsp3) is 0.400. The largest absolute Gasteiger partial charge is 0.297 e. The average molecular weight is 298 g/mol. The number of rotatable bonds is 4. The minimum absolute atomic E-state index is 0.150. The molecule has 0 aliphatic heterocycles. The minimum atomic E-state index is -0.150. The number of nitrogens with zero attached hydrogens (tertiary/aromatic N) is 6. The first-order valence-corrected chi connectivity index (χ1v) is 7.24. The molecule has 0 radical (unpaired) electrons. The van der Waals surface area contributed by atoms with Crippen LogP contribution in [-0.4, -0.2) is 29.3 Å². The quantitative estimate of drug-likeness (QED) is 0.727. The molecule has 3 heterocycles. The fourth-order valence-electron chi connectivity index (χ4n) is 2.44. The van der Waals surface area contributed by atoms with E-state index in [1.165, 1.54) is 30.0 Å². The van der Waals surface area contributed by atoms with Crippen LogP contribution in [0.15, 0.2) is 23.5 Å². The summed E-state index contributed by atoms with van der Waals surface area (Å²) in [5.74, 6) is 0. The van der Waals surface area contributed by atoms with Crippen molar-refractivity contribution in [1.29, 1.82) is 0 Å². The van der Waals surface area contributed by atoms with Crippen molar-refractivity contribution in [3.05, 3.63) is 46.0 Å². The van der Waals surface area contributed by atoms with Crippen LogP contribution in [0.1, 0.15) is 23.4 Å². The van der Waals surface area contributed by atoms with Crippen molar-refractivity contribution >= 4 is 11.2 Å². The molecule has 0 amide bonds. The van der Waals surface area contributed by atoms with Gasteiger partial charge in [-0.15, -0.1) is 0 Å². The van der Waals surface area contributed by atoms with Gasteiger partial charge in [-0.2, -0.15) is 5.10 Å². The van der Waals surface area contributed by atoms with Gasteiger partial charge in [0.25, 0.3) is 5.56 Å². The predicted molar refractivity (Wildman–Crippen MR) is 82.6 cm³/mol. The summed E-state index contributed by atoms with van der Waals surface area (Å²) in [5.41, 5.74) is 4.00. The zero-order valence-corrected chi connectivity index (χ0v) is 12.9. The van der Waals surface area contributed by atoms with Gasteiger partial charge in [0.1, 0.15) is 6.33 Å². The van der Waals surface area contributed by atoms with E-state index in [-0.39, 0.29) is 5.56 Å². The van der Waals surface area contributed by atoms with Crippen LogP contribution < -0.4 is 5.56 Å². The van der Waals surface area contributed by atoms with Crippen molar-refractivity contribution in [1.82, 2.24) is 29.3 Å². The first-order chi connectivity index (χ1) is 10.6. The molecule has 0 aliphatic carbocycles. The fourth-order valence-corrected chi connectivity index (χ4v) is 2.44. The van der Waals surface area contributed by atoms with Crippen LogP contribution in [0.25, 0.3) is 11.2 Å². The predicted octanol–water partition coefficient (Wildman–Crippen LogP) is 1.40. The van der Waals surface area contributed by atoms with Crippen molar-refractivity contribution < 1.29 is 0 Å². The number of hydrogen-bond acceptors (Lipinski definition) is 5. The van der Waals surface area contributed by atoms with Crippen LogP contribution in [0.4, 0.5) is 0 Å². The molecule has 0 fully saturated rings. The van der Waals surface area contributed by atoms with Crippen molar-refractivity contribution in [3.8, 4) is 0 Å². The van der Waals surface area contributed by atoms with Gasteiger partial charge in [-0.25, -0.2) is 15.0 Å². The van der Waals surface area contributed by atoms with Crippen LogP contribution in [0.2, 0.25) is 0 Å². The summed E-state index contributed by atoms with van der Waals surface area (Å²) in [4.78, 5) is 24.6. The van der Waals surface area contributed by atoms with Gasteiger partial charge >= 0.3 is 0 Å². The van der Waals surface area contributed by atoms with E-state index in [2.05, 4.69) is 33.9 Å². The molecule has 114 valence electrons. The van der Waals surface area contributed by atoms with Crippen molar-refractivity contribution in [2.24, 2.45) is 0 Å². The highest BCUT2D eigenvalue weighted by Gasteiger charge is 2.08. The van der Waals surface area contributed by atoms with Gasteiger partial charge in [-0.1, -0.05) is 0 Å². The van der Waals surface area contributed by atoms with E-state index >= 15 is 0 Å². The lowest BCUT2D eigenvalue weighted by Gasteiger charge is -2.07. The SMILES string of the molecule is Cc1nn(CCCn2cnc3nccnc3c2=O)c(C)c1C. The molecule has 3 rings (SSSR count). The second-order valence-corrected chi connectivity index (χ2v) is 5.34. The monoisotopic (exact) mass is 298 g/mol. The average Bonchev–Trinajstić information content (AvgIpc) is 2.77. The van der Waals surface area contributed by atoms with Crippen molar-refractivity contribution in [2.45, 2.75) is 40.3 Å². The molecule has 22 heavy (non-hydrogen) atoms. The van der Waals surface area contributed by atoms with E-state index < -0.39 is 0 Å². The molecular formula is C15H18N6O. The van der Waals surface area contributed by atoms with Crippen LogP contribution in [0.5, 0.6) is 0 Å². The van der Waals surface area contributed by atoms with Crippen LogP contribution in [0, 0.1) is 20.8 Å². The molecule has 0 N–H and O–H groups in total. The maximum atomic E-state index is 12.3. The molecule has 0 saturated carbocycles. The summed E-state index contributed by atoms with van der Waals surface area (Å²) in [6.07, 6.45) is 5.37. The second kappa shape index (κ2) is 5.67. The lowest BCUT2D eigenvalue weighted by atomic mass is 10.2. The van der Waals surface area contributed by atoms with Gasteiger partial charge in [0, 0.05) is 31.2 Å². The third kappa shape index (κ3) is 2.49. The Morgan fingerprint density at radius 2 is 1.82 bits per heavy atom. The summed E-state index contributed by atoms with van der Waals surface area (Å²) < 4.78 is 3.57. The highest BCUT2D eigenvalue weighted by molar-refractivity contribution is 5.66. The Balaban J connectivity index is 1.75. The highest BCUT2D eigenvalue weighted by atomic mass is 16.1. The Bertz CT molecular complexity index is 879. The third-order valence-corrected chi connectivity index (χ3v) is 3.97. The van der Waals surface area contributed by atoms with E-state index in [4.69, 9.17) is 0 Å². The number of fused-ring (bicyclic) bond motifs is 1. The van der Waals surface area contributed by atoms with Gasteiger partial charge < -0.3 is 0 Å². The highest BCUT2D eigenvalue weighted by Crippen LogP contribution is 2.11. The smallest absolute Gasteiger partial charge is 0.281 e. The molecule has 0 spiro atoms. The normalized spacial score (nSPS) is 11.2. The molecule has 7 heteroatoms. The van der Waals surface area contributed by atoms with Gasteiger partial charge in [0.15, 0.2) is 11.2 Å². The number of aromatic nitrogens is 6. The molecule has 7 nitrogen and oxygen atoms in total. The van der Waals surface area contributed by atoms with Crippen LogP contribution >= 0.6 is 0 Å². The molecule has 3 aromatic heterocycles. The third-order valence-electron chi connectivity index (χ3n) is 3.97. The summed E-state index contributed by atoms with van der Waals surface area (Å²) in [7, 11) is 0. The zero-order valence-electron chi connectivity index (χ0n) is 12.9. The van der Waals surface area contributed by atoms with Crippen molar-refractivity contribution in [3.63, 3.8) is 0 Å². The van der Waals surface area contributed by atoms with Gasteiger partial charge in [-0.3, -0.25) is 14.0 Å². The summed E-state index contributed by atoms with van der Waals surface area (Å²) in [6.45, 7) is 7.50. The Kier molecular flexibility index (Phi) is 3.70. The van der Waals surface area contributed by atoms with Crippen LogP contribution in [0.3, 0.4) is 0 Å². The first kappa shape index (κ1) is 14.4. The molecule has 0 saturated heterocycles. The van der Waals surface area contributed by atoms with Gasteiger partial charge in [0.2, 0.25) is 0 Å². The minimum Gasteiger partial charge on any atom is -0.297 e. The summed E-state index contributed by atoms with van der Waals surface area (Å²) >= 11 is 0. The second-order valence-electron chi connectivity index (χ2n) is 5.34. The Morgan fingerprint density at radius 3 is 2.55 bits per heavy atom. The maximum Gasteiger partial charge on any atom is 0.281 e. The first-order valence-electron chi connectivity index (χ1n) is 7.24. The molecule has 3 aromatic rings. The zero-order chi connectivity index (χ0) is 15.7. The summed E-state index contributed by atoms with van der Waals surface area (Å²) in [5, 5.41) is 4.50. The van der Waals surface area contributed by atoms with E-state index in [0.717, 1.165) is 18.7 Å². The molecule has 0 aromatic carbocycles. The van der Waals surface area contributed by atoms with Gasteiger partial charge in [-0.05, 0) is 32.8 Å². The standard InChI is InChI=1S/C15H18N6O/c1-10-11(2)19-21(12(10)3)8-4-7-20-9-18-14-13(15(20)22)16-5-6-17-14/h5-6,9H,4,7-8H2,1-3H3. The Hall–Kier alpha value is -2.57. The lowest BCUT2D eigenvalue weighted by Crippen LogP contribution is -2.22. The van der Waals surface area contributed by atoms with E-state index in [0.29, 0.717) is 17.7 Å². The van der Waals surface area contributed by atoms with Crippen LogP contribution in [-0.2, 0) is 13.1 Å². The van der Waals surface area contributed by atoms with Gasteiger partial charge in [0.05, 0.1) is 5.69 Å². The molecule has 0 atom stereocenters. The topological polar surface area (TPSA) is 78.5 Å². The van der Waals surface area contributed by atoms with E-state index in [1.54, 1.807) is 4.57 Å². The van der Waals surface area contributed by atoms with Crippen molar-refractivity contribution in [2.75, 3.05) is 0 Å².